The number of methoxy groups -OCH3 is 1. The quantitative estimate of drug-likeness (QED) is 0.257. The Labute approximate surface area is 230 Å². The van der Waals surface area contributed by atoms with Gasteiger partial charge in [0.15, 0.2) is 5.11 Å². The maximum atomic E-state index is 13.9. The van der Waals surface area contributed by atoms with Gasteiger partial charge >= 0.3 is 0 Å². The smallest absolute Gasteiger partial charge is 0.246 e. The molecular formula is C27H42N6O4S. The van der Waals surface area contributed by atoms with Crippen molar-refractivity contribution in [2.24, 2.45) is 11.7 Å². The van der Waals surface area contributed by atoms with Crippen LogP contribution in [0.25, 0.3) is 0 Å². The first kappa shape index (κ1) is 29.6. The third-order valence-electron chi connectivity index (χ3n) is 7.64. The third-order valence-corrected chi connectivity index (χ3v) is 7.99. The van der Waals surface area contributed by atoms with Gasteiger partial charge in [0.1, 0.15) is 17.8 Å². The molecule has 6 N–H and O–H groups in total. The molecule has 0 aliphatic carbocycles. The molecule has 0 saturated carbocycles. The van der Waals surface area contributed by atoms with Gasteiger partial charge < -0.3 is 36.6 Å². The van der Waals surface area contributed by atoms with E-state index in [0.717, 1.165) is 30.6 Å². The Balaban J connectivity index is 1.68. The molecule has 2 heterocycles. The van der Waals surface area contributed by atoms with Crippen LogP contribution in [0.15, 0.2) is 24.3 Å². The molecule has 38 heavy (non-hydrogen) atoms. The predicted octanol–water partition coefficient (Wildman–Crippen LogP) is 0.830. The highest BCUT2D eigenvalue weighted by Gasteiger charge is 2.47. The summed E-state index contributed by atoms with van der Waals surface area (Å²) in [5, 5.41) is 12.5. The van der Waals surface area contributed by atoms with Crippen molar-refractivity contribution >= 4 is 35.1 Å². The average Bonchev–Trinajstić information content (AvgIpc) is 3.32. The van der Waals surface area contributed by atoms with E-state index in [1.807, 2.05) is 31.2 Å². The van der Waals surface area contributed by atoms with Gasteiger partial charge in [-0.3, -0.25) is 14.4 Å². The molecule has 10 nitrogen and oxygen atoms in total. The van der Waals surface area contributed by atoms with Gasteiger partial charge in [-0.1, -0.05) is 19.1 Å². The molecule has 5 atom stereocenters. The fraction of sp³-hybridized carbons (Fsp3) is 0.630. The summed E-state index contributed by atoms with van der Waals surface area (Å²) in [4.78, 5) is 41.6. The maximum absolute atomic E-state index is 13.9. The molecule has 0 unspecified atom stereocenters. The van der Waals surface area contributed by atoms with Crippen LogP contribution in [0.3, 0.4) is 0 Å². The molecular weight excluding hydrogens is 504 g/mol. The number of nitrogens with zero attached hydrogens (tertiary/aromatic N) is 1. The number of fused-ring (bicyclic) bond motifs is 1. The van der Waals surface area contributed by atoms with Gasteiger partial charge in [-0.2, -0.15) is 0 Å². The second kappa shape index (κ2) is 14.3. The van der Waals surface area contributed by atoms with E-state index in [4.69, 9.17) is 22.7 Å². The van der Waals surface area contributed by atoms with Crippen molar-refractivity contribution in [1.82, 2.24) is 26.2 Å². The molecule has 2 fully saturated rings. The van der Waals surface area contributed by atoms with Gasteiger partial charge in [-0.25, -0.2) is 0 Å². The van der Waals surface area contributed by atoms with Crippen LogP contribution >= 0.6 is 12.2 Å². The largest absolute Gasteiger partial charge is 0.497 e. The molecule has 2 aliphatic heterocycles. The normalized spacial score (nSPS) is 23.6. The number of carbonyl (C=O) groups excluding carboxylic acids is 3. The highest BCUT2D eigenvalue weighted by atomic mass is 32.1. The summed E-state index contributed by atoms with van der Waals surface area (Å²) in [5.74, 6) is 0.0110. The van der Waals surface area contributed by atoms with Crippen LogP contribution < -0.4 is 31.7 Å². The van der Waals surface area contributed by atoms with E-state index in [9.17, 15) is 14.4 Å². The zero-order valence-corrected chi connectivity index (χ0v) is 23.4. The fourth-order valence-electron chi connectivity index (χ4n) is 5.33. The second-order valence-electron chi connectivity index (χ2n) is 10.0. The summed E-state index contributed by atoms with van der Waals surface area (Å²) in [6, 6.07) is 5.75. The summed E-state index contributed by atoms with van der Waals surface area (Å²) in [7, 11) is 3.37. The zero-order chi connectivity index (χ0) is 27.7. The van der Waals surface area contributed by atoms with Gasteiger partial charge in [-0.05, 0) is 80.8 Å². The number of ether oxygens (including phenoxy) is 1. The average molecular weight is 547 g/mol. The number of hydrogen-bond donors (Lipinski definition) is 5. The lowest BCUT2D eigenvalue weighted by Crippen LogP contribution is -2.58. The lowest BCUT2D eigenvalue weighted by Gasteiger charge is -2.32. The minimum Gasteiger partial charge on any atom is -0.497 e. The van der Waals surface area contributed by atoms with Gasteiger partial charge in [0.05, 0.1) is 13.2 Å². The first-order valence-electron chi connectivity index (χ1n) is 13.5. The molecule has 0 spiro atoms. The van der Waals surface area contributed by atoms with Crippen molar-refractivity contribution in [1.29, 1.82) is 0 Å². The van der Waals surface area contributed by atoms with Crippen LogP contribution in [0.2, 0.25) is 0 Å². The molecule has 0 radical (unpaired) electrons. The topological polar surface area (TPSA) is 138 Å². The number of amides is 3. The summed E-state index contributed by atoms with van der Waals surface area (Å²) < 4.78 is 5.19. The molecule has 11 heteroatoms. The first-order chi connectivity index (χ1) is 18.3. The number of thiocarbonyl (C=S) groups is 1. The number of benzene rings is 1. The fourth-order valence-corrected chi connectivity index (χ4v) is 5.43. The number of rotatable bonds is 11. The minimum atomic E-state index is -0.734. The van der Waals surface area contributed by atoms with Crippen molar-refractivity contribution in [2.75, 3.05) is 27.2 Å². The van der Waals surface area contributed by atoms with E-state index in [1.54, 1.807) is 19.1 Å². The van der Waals surface area contributed by atoms with Crippen LogP contribution in [0, 0.1) is 5.92 Å². The lowest BCUT2D eigenvalue weighted by molar-refractivity contribution is -0.143. The SMILES string of the molecule is CC[C@H](N)C(=O)N[C@@H]1C(=O)N2[C@@H](CC[C@@H]1CCNC(=S)NC)CC[C@H]2C(=O)NCCc1ccc(OC)cc1. The van der Waals surface area contributed by atoms with E-state index in [-0.39, 0.29) is 29.7 Å². The number of carbonyl (C=O) groups is 3. The van der Waals surface area contributed by atoms with Gasteiger partial charge in [0.25, 0.3) is 0 Å². The third kappa shape index (κ3) is 7.57. The Morgan fingerprint density at radius 2 is 1.84 bits per heavy atom. The van der Waals surface area contributed by atoms with Gasteiger partial charge in [0, 0.05) is 26.2 Å². The zero-order valence-electron chi connectivity index (χ0n) is 22.6. The Kier molecular flexibility index (Phi) is 11.1. The molecule has 1 aromatic rings. The number of hydrogen-bond acceptors (Lipinski definition) is 6. The Hall–Kier alpha value is -2.92. The molecule has 1 aromatic carbocycles. The van der Waals surface area contributed by atoms with Crippen LogP contribution in [0.4, 0.5) is 0 Å². The second-order valence-corrected chi connectivity index (χ2v) is 10.4. The molecule has 2 saturated heterocycles. The van der Waals surface area contributed by atoms with Crippen LogP contribution in [0.5, 0.6) is 5.75 Å². The van der Waals surface area contributed by atoms with Gasteiger partial charge in [-0.15, -0.1) is 0 Å². The van der Waals surface area contributed by atoms with Crippen molar-refractivity contribution in [3.05, 3.63) is 29.8 Å². The molecule has 3 amide bonds. The van der Waals surface area contributed by atoms with Crippen molar-refractivity contribution in [2.45, 2.75) is 76.0 Å². The Morgan fingerprint density at radius 1 is 1.13 bits per heavy atom. The standard InChI is InChI=1S/C27H42N6O4S/c1-4-21(28)24(34)32-23-18(14-16-31-27(38)29-2)7-8-19-9-12-22(33(19)26(23)36)25(35)30-15-13-17-5-10-20(37-3)11-6-17/h5-6,10-11,18-19,21-23H,4,7-9,12-16,28H2,1-3H3,(H,30,35)(H,32,34)(H2,29,31,38)/t18-,19+,21+,22+,23+/m1/s1. The van der Waals surface area contributed by atoms with E-state index in [0.29, 0.717) is 43.9 Å². The van der Waals surface area contributed by atoms with Crippen molar-refractivity contribution < 1.29 is 19.1 Å². The molecule has 2 aliphatic rings. The van der Waals surface area contributed by atoms with E-state index >= 15 is 0 Å². The highest BCUT2D eigenvalue weighted by molar-refractivity contribution is 7.80. The Morgan fingerprint density at radius 3 is 2.50 bits per heavy atom. The van der Waals surface area contributed by atoms with Crippen molar-refractivity contribution in [3.63, 3.8) is 0 Å². The van der Waals surface area contributed by atoms with Crippen LogP contribution in [0.1, 0.15) is 51.0 Å². The summed E-state index contributed by atoms with van der Waals surface area (Å²) in [6.07, 6.45) is 4.74. The van der Waals surface area contributed by atoms with E-state index < -0.39 is 18.1 Å². The molecule has 3 rings (SSSR count). The lowest BCUT2D eigenvalue weighted by atomic mass is 9.90. The Bertz CT molecular complexity index is 975. The van der Waals surface area contributed by atoms with E-state index in [1.165, 1.54) is 0 Å². The molecule has 0 aromatic heterocycles. The summed E-state index contributed by atoms with van der Waals surface area (Å²) >= 11 is 5.17. The molecule has 0 bridgehead atoms. The molecule has 210 valence electrons. The first-order valence-corrected chi connectivity index (χ1v) is 13.9. The maximum Gasteiger partial charge on any atom is 0.246 e. The van der Waals surface area contributed by atoms with Crippen LogP contribution in [-0.4, -0.2) is 79.1 Å². The monoisotopic (exact) mass is 546 g/mol. The van der Waals surface area contributed by atoms with Crippen molar-refractivity contribution in [3.8, 4) is 5.75 Å². The predicted molar refractivity (Wildman–Crippen MR) is 151 cm³/mol. The summed E-state index contributed by atoms with van der Waals surface area (Å²) in [5.41, 5.74) is 7.07. The summed E-state index contributed by atoms with van der Waals surface area (Å²) in [6.45, 7) is 2.88. The minimum absolute atomic E-state index is 0.0181. The van der Waals surface area contributed by atoms with E-state index in [2.05, 4.69) is 21.3 Å². The van der Waals surface area contributed by atoms with Gasteiger partial charge in [0.2, 0.25) is 17.7 Å². The number of nitrogens with one attached hydrogen (secondary N) is 4. The van der Waals surface area contributed by atoms with Crippen LogP contribution in [-0.2, 0) is 20.8 Å². The number of nitrogens with two attached hydrogens (primary N) is 1. The highest BCUT2D eigenvalue weighted by Crippen LogP contribution is 2.35.